The van der Waals surface area contributed by atoms with Crippen molar-refractivity contribution >= 4 is 32.8 Å². The van der Waals surface area contributed by atoms with E-state index in [1.54, 1.807) is 0 Å². The van der Waals surface area contributed by atoms with Crippen molar-refractivity contribution in [2.24, 2.45) is 11.8 Å². The van der Waals surface area contributed by atoms with E-state index in [2.05, 4.69) is 166 Å². The fourth-order valence-electron chi connectivity index (χ4n) is 7.83. The number of fused-ring (bicyclic) bond motifs is 3. The summed E-state index contributed by atoms with van der Waals surface area (Å²) in [5.41, 5.74) is 9.39. The maximum atomic E-state index is 4.96. The molecule has 0 saturated carbocycles. The molecule has 0 amide bonds. The van der Waals surface area contributed by atoms with Gasteiger partial charge in [-0.05, 0) is 101 Å². The van der Waals surface area contributed by atoms with Crippen LogP contribution in [0.1, 0.15) is 54.0 Å². The second-order valence-corrected chi connectivity index (χ2v) is 13.6. The summed E-state index contributed by atoms with van der Waals surface area (Å²) in [6.07, 6.45) is 20.7. The van der Waals surface area contributed by atoms with Crippen LogP contribution in [-0.4, -0.2) is 16.0 Å². The molecule has 3 aliphatic rings. The lowest BCUT2D eigenvalue weighted by molar-refractivity contribution is 0.379. The Labute approximate surface area is 283 Å². The van der Waals surface area contributed by atoms with Gasteiger partial charge >= 0.3 is 0 Å². The van der Waals surface area contributed by atoms with E-state index in [-0.39, 0.29) is 12.0 Å². The van der Waals surface area contributed by atoms with Crippen molar-refractivity contribution in [3.63, 3.8) is 0 Å². The molecule has 4 unspecified atom stereocenters. The highest BCUT2D eigenvalue weighted by molar-refractivity contribution is 6.09. The van der Waals surface area contributed by atoms with Crippen LogP contribution in [0.15, 0.2) is 151 Å². The summed E-state index contributed by atoms with van der Waals surface area (Å²) < 4.78 is 0. The van der Waals surface area contributed by atoms with E-state index in [0.717, 1.165) is 35.6 Å². The van der Waals surface area contributed by atoms with Crippen LogP contribution >= 0.6 is 0 Å². The van der Waals surface area contributed by atoms with Gasteiger partial charge in [-0.1, -0.05) is 122 Å². The molecule has 2 heterocycles. The highest BCUT2D eigenvalue weighted by atomic mass is 14.9. The molecule has 4 aromatic carbocycles. The lowest BCUT2D eigenvalue weighted by atomic mass is 9.77. The van der Waals surface area contributed by atoms with E-state index in [9.17, 15) is 0 Å². The van der Waals surface area contributed by atoms with Gasteiger partial charge in [-0.2, -0.15) is 0 Å². The number of allylic oxidation sites excluding steroid dienone is 9. The topological polar surface area (TPSA) is 37.8 Å². The molecule has 0 radical (unpaired) electrons. The number of hydrogen-bond acceptors (Lipinski definition) is 3. The molecule has 4 atom stereocenters. The molecule has 8 rings (SSSR count). The van der Waals surface area contributed by atoms with E-state index in [1.807, 2.05) is 0 Å². The minimum atomic E-state index is 0.155. The van der Waals surface area contributed by atoms with E-state index in [1.165, 1.54) is 49.5 Å². The monoisotopic (exact) mass is 623 g/mol. The number of benzene rings is 4. The third-order valence-corrected chi connectivity index (χ3v) is 10.2. The summed E-state index contributed by atoms with van der Waals surface area (Å²) in [5.74, 6) is 1.83. The molecular weight excluding hydrogens is 583 g/mol. The van der Waals surface area contributed by atoms with Crippen molar-refractivity contribution in [3.8, 4) is 0 Å². The molecule has 3 nitrogen and oxygen atoms in total. The molecule has 0 spiro atoms. The van der Waals surface area contributed by atoms with Gasteiger partial charge in [-0.3, -0.25) is 0 Å². The number of dihydropyridines is 1. The van der Waals surface area contributed by atoms with Crippen LogP contribution in [0.2, 0.25) is 0 Å². The highest BCUT2D eigenvalue weighted by Crippen LogP contribution is 2.43. The Hall–Kier alpha value is -5.28. The Balaban J connectivity index is 1.30. The second kappa shape index (κ2) is 12.7. The largest absolute Gasteiger partial charge is 0.378 e. The van der Waals surface area contributed by atoms with Gasteiger partial charge in [0.25, 0.3) is 0 Å². The second-order valence-electron chi connectivity index (χ2n) is 13.6. The SMILES string of the molecule is Cc1cc(C)nc(C2=CC(c3cc4ccccc4c4ccccc34)CC(C3=CC(C4C=CC=CCC4C)NC(c4ccccc4)=C3)=C2)n1. The summed E-state index contributed by atoms with van der Waals surface area (Å²) in [6.45, 7) is 6.50. The van der Waals surface area contributed by atoms with Gasteiger partial charge in [0.2, 0.25) is 0 Å². The lowest BCUT2D eigenvalue weighted by Crippen LogP contribution is -2.38. The molecule has 1 aliphatic heterocycles. The molecule has 236 valence electrons. The van der Waals surface area contributed by atoms with Crippen molar-refractivity contribution in [1.82, 2.24) is 15.3 Å². The number of rotatable bonds is 5. The highest BCUT2D eigenvalue weighted by Gasteiger charge is 2.30. The van der Waals surface area contributed by atoms with Crippen molar-refractivity contribution in [3.05, 3.63) is 179 Å². The average Bonchev–Trinajstić information content (AvgIpc) is 3.35. The van der Waals surface area contributed by atoms with Crippen LogP contribution in [-0.2, 0) is 0 Å². The van der Waals surface area contributed by atoms with Crippen LogP contribution < -0.4 is 5.32 Å². The van der Waals surface area contributed by atoms with E-state index >= 15 is 0 Å². The van der Waals surface area contributed by atoms with Crippen LogP contribution in [0, 0.1) is 25.7 Å². The molecule has 48 heavy (non-hydrogen) atoms. The first kappa shape index (κ1) is 30.1. The van der Waals surface area contributed by atoms with Gasteiger partial charge in [0.05, 0.1) is 6.04 Å². The first-order chi connectivity index (χ1) is 23.5. The van der Waals surface area contributed by atoms with Crippen molar-refractivity contribution in [1.29, 1.82) is 0 Å². The third kappa shape index (κ3) is 5.86. The fraction of sp³-hybridized carbons (Fsp3) is 0.200. The normalized spacial score (nSPS) is 22.4. The quantitative estimate of drug-likeness (QED) is 0.198. The van der Waals surface area contributed by atoms with Gasteiger partial charge in [0.1, 0.15) is 0 Å². The molecule has 0 bridgehead atoms. The summed E-state index contributed by atoms with van der Waals surface area (Å²) in [4.78, 5) is 9.92. The Morgan fingerprint density at radius 3 is 2.25 bits per heavy atom. The standard InChI is InChI=1S/C45H41N3/c1-29-14-6-4-9-18-38(29)44-28-35(27-43(48-44)32-15-7-5-8-16-32)34-23-36(25-37(24-34)45-46-30(2)22-31(3)47-45)42-26-33-17-10-11-19-39(33)40-20-12-13-21-41(40)42/h4-13,15-22,24-29,36,38,44,48H,14,23H2,1-3H3. The smallest absolute Gasteiger partial charge is 0.159 e. The summed E-state index contributed by atoms with van der Waals surface area (Å²) in [6, 6.07) is 33.0. The Morgan fingerprint density at radius 1 is 0.708 bits per heavy atom. The van der Waals surface area contributed by atoms with Crippen LogP contribution in [0.25, 0.3) is 32.8 Å². The Morgan fingerprint density at radius 2 is 1.44 bits per heavy atom. The number of nitrogens with zero attached hydrogens (tertiary/aromatic N) is 2. The van der Waals surface area contributed by atoms with Crippen molar-refractivity contribution in [2.75, 3.05) is 0 Å². The van der Waals surface area contributed by atoms with Gasteiger partial charge in [-0.25, -0.2) is 9.97 Å². The van der Waals surface area contributed by atoms with E-state index in [0.29, 0.717) is 11.8 Å². The Bertz CT molecular complexity index is 2190. The molecule has 3 heteroatoms. The Kier molecular flexibility index (Phi) is 7.98. The van der Waals surface area contributed by atoms with Crippen LogP contribution in [0.3, 0.4) is 0 Å². The van der Waals surface area contributed by atoms with Crippen LogP contribution in [0.5, 0.6) is 0 Å². The summed E-state index contributed by atoms with van der Waals surface area (Å²) in [5, 5.41) is 9.13. The zero-order valence-corrected chi connectivity index (χ0v) is 27.9. The van der Waals surface area contributed by atoms with Gasteiger partial charge < -0.3 is 5.32 Å². The molecule has 0 saturated heterocycles. The third-order valence-electron chi connectivity index (χ3n) is 10.2. The maximum absolute atomic E-state index is 4.96. The predicted octanol–water partition coefficient (Wildman–Crippen LogP) is 10.6. The molecule has 1 aromatic heterocycles. The molecule has 2 aliphatic carbocycles. The minimum Gasteiger partial charge on any atom is -0.378 e. The fourth-order valence-corrected chi connectivity index (χ4v) is 7.83. The first-order valence-electron chi connectivity index (χ1n) is 17.2. The van der Waals surface area contributed by atoms with E-state index in [4.69, 9.17) is 9.97 Å². The summed E-state index contributed by atoms with van der Waals surface area (Å²) in [7, 11) is 0. The minimum absolute atomic E-state index is 0.155. The lowest BCUT2D eigenvalue weighted by Gasteiger charge is -2.34. The number of hydrogen-bond donors (Lipinski definition) is 1. The zero-order valence-electron chi connectivity index (χ0n) is 27.9. The van der Waals surface area contributed by atoms with Crippen molar-refractivity contribution < 1.29 is 0 Å². The van der Waals surface area contributed by atoms with E-state index < -0.39 is 0 Å². The van der Waals surface area contributed by atoms with Crippen molar-refractivity contribution in [2.45, 2.75) is 45.6 Å². The number of aromatic nitrogens is 2. The van der Waals surface area contributed by atoms with Crippen LogP contribution in [0.4, 0.5) is 0 Å². The molecular formula is C45H41N3. The average molecular weight is 624 g/mol. The molecule has 0 fully saturated rings. The van der Waals surface area contributed by atoms with Gasteiger partial charge in [0.15, 0.2) is 5.82 Å². The van der Waals surface area contributed by atoms with Gasteiger partial charge in [-0.15, -0.1) is 0 Å². The van der Waals surface area contributed by atoms with Gasteiger partial charge in [0, 0.05) is 34.5 Å². The molecule has 5 aromatic rings. The first-order valence-corrected chi connectivity index (χ1v) is 17.2. The zero-order chi connectivity index (χ0) is 32.6. The predicted molar refractivity (Wildman–Crippen MR) is 201 cm³/mol. The summed E-state index contributed by atoms with van der Waals surface area (Å²) >= 11 is 0. The number of aryl methyl sites for hydroxylation is 2. The number of nitrogens with one attached hydrogen (secondary N) is 1. The molecule has 1 N–H and O–H groups in total. The maximum Gasteiger partial charge on any atom is 0.159 e.